The first kappa shape index (κ1) is 11.9. The second-order valence-corrected chi connectivity index (χ2v) is 4.96. The summed E-state index contributed by atoms with van der Waals surface area (Å²) in [5.74, 6) is 0.211. The number of hydrogen-bond acceptors (Lipinski definition) is 3. The second kappa shape index (κ2) is 5.64. The first-order chi connectivity index (χ1) is 7.79. The first-order valence-electron chi connectivity index (χ1n) is 6.53. The molecule has 0 aromatic rings. The van der Waals surface area contributed by atoms with Crippen molar-refractivity contribution in [3.63, 3.8) is 0 Å². The number of hydrogen-bond donors (Lipinski definition) is 2. The smallest absolute Gasteiger partial charge is 0.234 e. The summed E-state index contributed by atoms with van der Waals surface area (Å²) >= 11 is 0. The number of carbonyl (C=O) groups excluding carboxylic acids is 1. The Hall–Kier alpha value is -0.610. The zero-order chi connectivity index (χ0) is 11.4. The summed E-state index contributed by atoms with van der Waals surface area (Å²) in [6.07, 6.45) is 4.64. The van der Waals surface area contributed by atoms with E-state index in [1.54, 1.807) is 0 Å². The average Bonchev–Trinajstić information content (AvgIpc) is 2.90. The number of nitrogens with zero attached hydrogens (tertiary/aromatic N) is 1. The van der Waals surface area contributed by atoms with E-state index in [-0.39, 0.29) is 5.91 Å². The van der Waals surface area contributed by atoms with Crippen LogP contribution in [0.1, 0.15) is 32.6 Å². The molecule has 1 atom stereocenters. The molecule has 0 spiro atoms. The number of carbonyl (C=O) groups is 1. The SMILES string of the molecule is CCCN(CC(=O)NC1CC1)C1CCNC1. The molecule has 2 fully saturated rings. The highest BCUT2D eigenvalue weighted by molar-refractivity contribution is 5.78. The first-order valence-corrected chi connectivity index (χ1v) is 6.53. The Kier molecular flexibility index (Phi) is 4.18. The Morgan fingerprint density at radius 1 is 1.44 bits per heavy atom. The Morgan fingerprint density at radius 3 is 2.81 bits per heavy atom. The van der Waals surface area contributed by atoms with Crippen molar-refractivity contribution in [2.75, 3.05) is 26.2 Å². The van der Waals surface area contributed by atoms with E-state index in [1.165, 1.54) is 19.3 Å². The molecule has 4 nitrogen and oxygen atoms in total. The Balaban J connectivity index is 1.77. The fourth-order valence-electron chi connectivity index (χ4n) is 2.31. The molecule has 0 radical (unpaired) electrons. The number of amides is 1. The van der Waals surface area contributed by atoms with Crippen LogP contribution in [0.25, 0.3) is 0 Å². The van der Waals surface area contributed by atoms with Gasteiger partial charge in [0.2, 0.25) is 5.91 Å². The summed E-state index contributed by atoms with van der Waals surface area (Å²) in [7, 11) is 0. The van der Waals surface area contributed by atoms with Crippen molar-refractivity contribution >= 4 is 5.91 Å². The maximum Gasteiger partial charge on any atom is 0.234 e. The van der Waals surface area contributed by atoms with Crippen molar-refractivity contribution in [3.8, 4) is 0 Å². The van der Waals surface area contributed by atoms with Crippen LogP contribution in [0.4, 0.5) is 0 Å². The van der Waals surface area contributed by atoms with Crippen molar-refractivity contribution in [2.45, 2.75) is 44.7 Å². The maximum absolute atomic E-state index is 11.8. The van der Waals surface area contributed by atoms with Gasteiger partial charge in [-0.15, -0.1) is 0 Å². The highest BCUT2D eigenvalue weighted by Gasteiger charge is 2.27. The van der Waals surface area contributed by atoms with Crippen LogP contribution >= 0.6 is 0 Å². The Morgan fingerprint density at radius 2 is 2.25 bits per heavy atom. The van der Waals surface area contributed by atoms with E-state index in [4.69, 9.17) is 0 Å². The van der Waals surface area contributed by atoms with Crippen molar-refractivity contribution < 1.29 is 4.79 Å². The average molecular weight is 225 g/mol. The van der Waals surface area contributed by atoms with Crippen LogP contribution in [0.2, 0.25) is 0 Å². The standard InChI is InChI=1S/C12H23N3O/c1-2-7-15(11-5-6-13-8-11)9-12(16)14-10-3-4-10/h10-11,13H,2-9H2,1H3,(H,14,16). The summed E-state index contributed by atoms with van der Waals surface area (Å²) in [6.45, 7) is 5.92. The molecule has 0 aromatic heterocycles. The van der Waals surface area contributed by atoms with Crippen LogP contribution in [0.15, 0.2) is 0 Å². The minimum Gasteiger partial charge on any atom is -0.352 e. The fourth-order valence-corrected chi connectivity index (χ4v) is 2.31. The second-order valence-electron chi connectivity index (χ2n) is 4.96. The van der Waals surface area contributed by atoms with Gasteiger partial charge in [-0.25, -0.2) is 0 Å². The lowest BCUT2D eigenvalue weighted by molar-refractivity contribution is -0.122. The largest absolute Gasteiger partial charge is 0.352 e. The summed E-state index contributed by atoms with van der Waals surface area (Å²) in [4.78, 5) is 14.1. The van der Waals surface area contributed by atoms with Crippen LogP contribution in [-0.4, -0.2) is 49.1 Å². The molecule has 1 unspecified atom stereocenters. The van der Waals surface area contributed by atoms with Crippen molar-refractivity contribution in [1.29, 1.82) is 0 Å². The summed E-state index contributed by atoms with van der Waals surface area (Å²) in [6, 6.07) is 1.04. The van der Waals surface area contributed by atoms with Gasteiger partial charge in [-0.3, -0.25) is 9.69 Å². The van der Waals surface area contributed by atoms with E-state index >= 15 is 0 Å². The number of nitrogens with one attached hydrogen (secondary N) is 2. The molecular weight excluding hydrogens is 202 g/mol. The van der Waals surface area contributed by atoms with Crippen LogP contribution in [-0.2, 0) is 4.79 Å². The van der Waals surface area contributed by atoms with Gasteiger partial charge in [0.15, 0.2) is 0 Å². The van der Waals surface area contributed by atoms with Crippen LogP contribution in [0, 0.1) is 0 Å². The molecular formula is C12H23N3O. The lowest BCUT2D eigenvalue weighted by atomic mass is 10.2. The van der Waals surface area contributed by atoms with Crippen LogP contribution < -0.4 is 10.6 Å². The monoisotopic (exact) mass is 225 g/mol. The van der Waals surface area contributed by atoms with Gasteiger partial charge in [0.05, 0.1) is 6.54 Å². The van der Waals surface area contributed by atoms with Gasteiger partial charge in [-0.1, -0.05) is 6.92 Å². The molecule has 4 heteroatoms. The van der Waals surface area contributed by atoms with E-state index in [2.05, 4.69) is 22.5 Å². The maximum atomic E-state index is 11.8. The van der Waals surface area contributed by atoms with Crippen LogP contribution in [0.5, 0.6) is 0 Å². The molecule has 1 saturated carbocycles. The topological polar surface area (TPSA) is 44.4 Å². The summed E-state index contributed by atoms with van der Waals surface area (Å²) in [5.41, 5.74) is 0. The molecule has 1 amide bonds. The Bertz CT molecular complexity index is 234. The lowest BCUT2D eigenvalue weighted by Gasteiger charge is -2.27. The highest BCUT2D eigenvalue weighted by Crippen LogP contribution is 2.18. The third-order valence-electron chi connectivity index (χ3n) is 3.35. The molecule has 16 heavy (non-hydrogen) atoms. The fraction of sp³-hybridized carbons (Fsp3) is 0.917. The molecule has 1 aliphatic heterocycles. The molecule has 0 bridgehead atoms. The van der Waals surface area contributed by atoms with E-state index in [0.717, 1.165) is 26.1 Å². The molecule has 2 N–H and O–H groups in total. The number of rotatable bonds is 6. The van der Waals surface area contributed by atoms with E-state index in [0.29, 0.717) is 18.6 Å². The highest BCUT2D eigenvalue weighted by atomic mass is 16.2. The lowest BCUT2D eigenvalue weighted by Crippen LogP contribution is -2.44. The quantitative estimate of drug-likeness (QED) is 0.685. The molecule has 1 saturated heterocycles. The normalized spacial score (nSPS) is 25.0. The zero-order valence-electron chi connectivity index (χ0n) is 10.2. The third kappa shape index (κ3) is 3.46. The summed E-state index contributed by atoms with van der Waals surface area (Å²) in [5, 5.41) is 6.43. The van der Waals surface area contributed by atoms with Gasteiger partial charge in [0.25, 0.3) is 0 Å². The van der Waals surface area contributed by atoms with Gasteiger partial charge >= 0.3 is 0 Å². The van der Waals surface area contributed by atoms with Crippen molar-refractivity contribution in [3.05, 3.63) is 0 Å². The van der Waals surface area contributed by atoms with E-state index in [9.17, 15) is 4.79 Å². The predicted octanol–water partition coefficient (Wildman–Crippen LogP) is 0.339. The minimum atomic E-state index is 0.211. The zero-order valence-corrected chi connectivity index (χ0v) is 10.2. The molecule has 2 rings (SSSR count). The Labute approximate surface area is 97.8 Å². The van der Waals surface area contributed by atoms with Crippen LogP contribution in [0.3, 0.4) is 0 Å². The van der Waals surface area contributed by atoms with E-state index in [1.807, 2.05) is 0 Å². The van der Waals surface area contributed by atoms with E-state index < -0.39 is 0 Å². The van der Waals surface area contributed by atoms with Gasteiger partial charge in [0.1, 0.15) is 0 Å². The predicted molar refractivity (Wildman–Crippen MR) is 64.3 cm³/mol. The molecule has 2 aliphatic rings. The molecule has 92 valence electrons. The summed E-state index contributed by atoms with van der Waals surface area (Å²) < 4.78 is 0. The van der Waals surface area contributed by atoms with Gasteiger partial charge in [-0.2, -0.15) is 0 Å². The third-order valence-corrected chi connectivity index (χ3v) is 3.35. The van der Waals surface area contributed by atoms with Gasteiger partial charge < -0.3 is 10.6 Å². The minimum absolute atomic E-state index is 0.211. The molecule has 1 heterocycles. The molecule has 1 aliphatic carbocycles. The van der Waals surface area contributed by atoms with Gasteiger partial charge in [0, 0.05) is 18.6 Å². The van der Waals surface area contributed by atoms with Crippen molar-refractivity contribution in [1.82, 2.24) is 15.5 Å². The molecule has 0 aromatic carbocycles. The van der Waals surface area contributed by atoms with Gasteiger partial charge in [-0.05, 0) is 38.8 Å². The van der Waals surface area contributed by atoms with Crippen molar-refractivity contribution in [2.24, 2.45) is 0 Å².